The fraction of sp³-hybridized carbons (Fsp3) is 0.400. The first-order chi connectivity index (χ1) is 9.90. The number of nitrogens with zero attached hydrogens (tertiary/aromatic N) is 1. The lowest BCUT2D eigenvalue weighted by molar-refractivity contribution is -0.158. The van der Waals surface area contributed by atoms with Gasteiger partial charge in [0.25, 0.3) is 5.91 Å². The fourth-order valence-electron chi connectivity index (χ4n) is 2.58. The maximum atomic E-state index is 12.0. The van der Waals surface area contributed by atoms with Crippen molar-refractivity contribution >= 4 is 29.5 Å². The van der Waals surface area contributed by atoms with Gasteiger partial charge >= 0.3 is 0 Å². The number of nitrogens with one attached hydrogen (secondary N) is 1. The number of hydrogen-bond donors (Lipinski definition) is 1. The predicted molar refractivity (Wildman–Crippen MR) is 79.4 cm³/mol. The summed E-state index contributed by atoms with van der Waals surface area (Å²) in [6, 6.07) is 8.77. The molecule has 2 saturated heterocycles. The van der Waals surface area contributed by atoms with Crippen molar-refractivity contribution in [3.05, 3.63) is 35.9 Å². The number of amides is 3. The summed E-state index contributed by atoms with van der Waals surface area (Å²) >= 11 is 1.43. The highest BCUT2D eigenvalue weighted by Crippen LogP contribution is 2.47. The summed E-state index contributed by atoms with van der Waals surface area (Å²) in [6.45, 7) is 3.60. The summed E-state index contributed by atoms with van der Waals surface area (Å²) in [4.78, 5) is 37.3. The number of β-lactam (4-membered cyclic amide) rings is 1. The standard InChI is InChI=1S/C15H16N2O3S/c1-15(2)14(20)17-12(19)11(13(17)21-15)16-10(18)8-9-6-4-3-5-7-9/h3-7,11,13H,8H2,1-2H3,(H,16,18)/t11-,13-/m1/s1. The molecule has 0 aromatic heterocycles. The van der Waals surface area contributed by atoms with Crippen molar-refractivity contribution in [1.29, 1.82) is 0 Å². The average molecular weight is 304 g/mol. The molecule has 1 aromatic carbocycles. The molecule has 0 spiro atoms. The van der Waals surface area contributed by atoms with Gasteiger partial charge in [-0.2, -0.15) is 0 Å². The summed E-state index contributed by atoms with van der Waals surface area (Å²) in [7, 11) is 0. The Balaban J connectivity index is 1.64. The molecule has 110 valence electrons. The molecule has 2 aliphatic heterocycles. The quantitative estimate of drug-likeness (QED) is 0.666. The normalized spacial score (nSPS) is 26.3. The maximum Gasteiger partial charge on any atom is 0.255 e. The van der Waals surface area contributed by atoms with Crippen LogP contribution in [0.3, 0.4) is 0 Å². The van der Waals surface area contributed by atoms with Gasteiger partial charge in [-0.1, -0.05) is 30.3 Å². The summed E-state index contributed by atoms with van der Waals surface area (Å²) < 4.78 is -0.598. The molecule has 1 aromatic rings. The number of benzene rings is 1. The van der Waals surface area contributed by atoms with E-state index in [4.69, 9.17) is 0 Å². The zero-order valence-electron chi connectivity index (χ0n) is 11.8. The number of carbonyl (C=O) groups excluding carboxylic acids is 3. The molecule has 1 N–H and O–H groups in total. The smallest absolute Gasteiger partial charge is 0.255 e. The molecular weight excluding hydrogens is 288 g/mol. The Morgan fingerprint density at radius 1 is 1.29 bits per heavy atom. The second-order valence-corrected chi connectivity index (χ2v) is 7.48. The van der Waals surface area contributed by atoms with Crippen LogP contribution in [0.1, 0.15) is 19.4 Å². The Bertz CT molecular complexity index is 615. The molecule has 0 saturated carbocycles. The summed E-state index contributed by atoms with van der Waals surface area (Å²) in [6.07, 6.45) is 0.235. The van der Waals surface area contributed by atoms with E-state index >= 15 is 0 Å². The van der Waals surface area contributed by atoms with E-state index in [1.807, 2.05) is 30.3 Å². The van der Waals surface area contributed by atoms with Gasteiger partial charge in [0.05, 0.1) is 11.2 Å². The highest BCUT2D eigenvalue weighted by Gasteiger charge is 2.61. The van der Waals surface area contributed by atoms with Crippen LogP contribution in [0.5, 0.6) is 0 Å². The SMILES string of the molecule is CC1(C)S[C@@H]2[C@H](NC(=O)Cc3ccccc3)C(=O)N2C1=O. The summed E-state index contributed by atoms with van der Waals surface area (Å²) in [5.41, 5.74) is 0.897. The van der Waals surface area contributed by atoms with E-state index in [1.54, 1.807) is 13.8 Å². The average Bonchev–Trinajstić information content (AvgIpc) is 2.65. The number of rotatable bonds is 3. The molecule has 0 bridgehead atoms. The van der Waals surface area contributed by atoms with Crippen LogP contribution in [-0.2, 0) is 20.8 Å². The lowest BCUT2D eigenvalue weighted by Crippen LogP contribution is -2.68. The molecule has 0 aliphatic carbocycles. The van der Waals surface area contributed by atoms with Crippen LogP contribution in [0.4, 0.5) is 0 Å². The summed E-state index contributed by atoms with van der Waals surface area (Å²) in [5.74, 6) is -0.669. The van der Waals surface area contributed by atoms with Crippen molar-refractivity contribution in [2.45, 2.75) is 36.4 Å². The van der Waals surface area contributed by atoms with Gasteiger partial charge in [0.1, 0.15) is 11.4 Å². The molecule has 2 fully saturated rings. The van der Waals surface area contributed by atoms with Gasteiger partial charge in [0.15, 0.2) is 0 Å². The number of fused-ring (bicyclic) bond motifs is 1. The molecule has 21 heavy (non-hydrogen) atoms. The van der Waals surface area contributed by atoms with Crippen molar-refractivity contribution in [2.24, 2.45) is 0 Å². The number of carbonyl (C=O) groups is 3. The van der Waals surface area contributed by atoms with E-state index in [0.717, 1.165) is 5.56 Å². The Labute approximate surface area is 127 Å². The Hall–Kier alpha value is -1.82. The topological polar surface area (TPSA) is 66.5 Å². The van der Waals surface area contributed by atoms with Crippen LogP contribution >= 0.6 is 11.8 Å². The molecule has 3 amide bonds. The first-order valence-electron chi connectivity index (χ1n) is 6.79. The van der Waals surface area contributed by atoms with Gasteiger partial charge in [0, 0.05) is 0 Å². The number of imide groups is 1. The summed E-state index contributed by atoms with van der Waals surface area (Å²) in [5, 5.41) is 2.48. The molecule has 6 heteroatoms. The third kappa shape index (κ3) is 2.33. The van der Waals surface area contributed by atoms with E-state index in [9.17, 15) is 14.4 Å². The van der Waals surface area contributed by atoms with Crippen LogP contribution in [0.15, 0.2) is 30.3 Å². The molecule has 0 radical (unpaired) electrons. The zero-order chi connectivity index (χ0) is 15.2. The molecule has 5 nitrogen and oxygen atoms in total. The van der Waals surface area contributed by atoms with Crippen LogP contribution < -0.4 is 5.32 Å². The molecule has 2 heterocycles. The Kier molecular flexibility index (Phi) is 3.28. The second-order valence-electron chi connectivity index (χ2n) is 5.74. The predicted octanol–water partition coefficient (Wildman–Crippen LogP) is 0.934. The van der Waals surface area contributed by atoms with E-state index in [1.165, 1.54) is 16.7 Å². The monoisotopic (exact) mass is 304 g/mol. The van der Waals surface area contributed by atoms with Gasteiger partial charge in [-0.15, -0.1) is 11.8 Å². The van der Waals surface area contributed by atoms with Crippen LogP contribution in [0.2, 0.25) is 0 Å². The largest absolute Gasteiger partial charge is 0.341 e. The Morgan fingerprint density at radius 3 is 2.62 bits per heavy atom. The molecular formula is C15H16N2O3S. The van der Waals surface area contributed by atoms with E-state index in [0.29, 0.717) is 0 Å². The van der Waals surface area contributed by atoms with Crippen LogP contribution in [0, 0.1) is 0 Å². The highest BCUT2D eigenvalue weighted by atomic mass is 32.2. The first kappa shape index (κ1) is 14.1. The first-order valence-corrected chi connectivity index (χ1v) is 7.67. The van der Waals surface area contributed by atoms with E-state index < -0.39 is 10.8 Å². The molecule has 2 atom stereocenters. The van der Waals surface area contributed by atoms with Gasteiger partial charge < -0.3 is 5.32 Å². The third-order valence-corrected chi connectivity index (χ3v) is 5.20. The van der Waals surface area contributed by atoms with Gasteiger partial charge in [-0.05, 0) is 19.4 Å². The minimum absolute atomic E-state index is 0.170. The van der Waals surface area contributed by atoms with Gasteiger partial charge in [0.2, 0.25) is 11.8 Å². The van der Waals surface area contributed by atoms with Crippen molar-refractivity contribution in [1.82, 2.24) is 10.2 Å². The van der Waals surface area contributed by atoms with Gasteiger partial charge in [-0.3, -0.25) is 19.3 Å². The van der Waals surface area contributed by atoms with Crippen LogP contribution in [0.25, 0.3) is 0 Å². The molecule has 3 rings (SSSR count). The minimum Gasteiger partial charge on any atom is -0.341 e. The Morgan fingerprint density at radius 2 is 1.95 bits per heavy atom. The third-order valence-electron chi connectivity index (χ3n) is 3.72. The highest BCUT2D eigenvalue weighted by molar-refractivity contribution is 8.02. The lowest BCUT2D eigenvalue weighted by atomic mass is 10.0. The van der Waals surface area contributed by atoms with E-state index in [-0.39, 0.29) is 29.5 Å². The van der Waals surface area contributed by atoms with Crippen molar-refractivity contribution < 1.29 is 14.4 Å². The second kappa shape index (κ2) is 4.87. The van der Waals surface area contributed by atoms with Crippen LogP contribution in [-0.4, -0.2) is 38.8 Å². The van der Waals surface area contributed by atoms with Crippen molar-refractivity contribution in [3.63, 3.8) is 0 Å². The van der Waals surface area contributed by atoms with E-state index in [2.05, 4.69) is 5.32 Å². The molecule has 0 unspecified atom stereocenters. The minimum atomic E-state index is -0.598. The lowest BCUT2D eigenvalue weighted by Gasteiger charge is -2.40. The maximum absolute atomic E-state index is 12.0. The number of hydrogen-bond acceptors (Lipinski definition) is 4. The zero-order valence-corrected chi connectivity index (χ0v) is 12.6. The fourth-order valence-corrected chi connectivity index (χ4v) is 4.01. The van der Waals surface area contributed by atoms with Gasteiger partial charge in [-0.25, -0.2) is 0 Å². The number of thioether (sulfide) groups is 1. The molecule has 2 aliphatic rings. The van der Waals surface area contributed by atoms with Crippen molar-refractivity contribution in [3.8, 4) is 0 Å². The van der Waals surface area contributed by atoms with Crippen molar-refractivity contribution in [2.75, 3.05) is 0 Å².